The largest absolute Gasteiger partial charge is 0.321 e. The van der Waals surface area contributed by atoms with Crippen LogP contribution in [0.25, 0.3) is 0 Å². The number of carbonyl (C=O) groups is 1. The van der Waals surface area contributed by atoms with Crippen LogP contribution in [0.4, 0.5) is 4.39 Å². The topological polar surface area (TPSA) is 43.1 Å². The second-order valence-electron chi connectivity index (χ2n) is 3.39. The lowest BCUT2D eigenvalue weighted by Gasteiger charge is -2.06. The average molecular weight is 195 g/mol. The van der Waals surface area contributed by atoms with Crippen LogP contribution in [0.15, 0.2) is 24.3 Å². The van der Waals surface area contributed by atoms with Gasteiger partial charge in [0, 0.05) is 5.56 Å². The Morgan fingerprint density at radius 3 is 2.14 bits per heavy atom. The average Bonchev–Trinajstić information content (AvgIpc) is 2.16. The lowest BCUT2D eigenvalue weighted by atomic mass is 10.0. The Labute approximate surface area is 82.9 Å². The van der Waals surface area contributed by atoms with Crippen molar-refractivity contribution in [1.82, 2.24) is 0 Å². The molecule has 1 aromatic carbocycles. The number of Topliss-reactive ketones (excluding diaryl/α,β-unsaturated/α-hetero) is 1. The molecular formula is C11H14FNO. The van der Waals surface area contributed by atoms with Crippen molar-refractivity contribution in [3.05, 3.63) is 35.4 Å². The van der Waals surface area contributed by atoms with Crippen molar-refractivity contribution in [1.29, 1.82) is 0 Å². The van der Waals surface area contributed by atoms with Gasteiger partial charge in [-0.2, -0.15) is 0 Å². The fourth-order valence-corrected chi connectivity index (χ4v) is 1.18. The predicted molar refractivity (Wildman–Crippen MR) is 53.9 cm³/mol. The maximum Gasteiger partial charge on any atom is 0.179 e. The third kappa shape index (κ3) is 2.39. The lowest BCUT2D eigenvalue weighted by molar-refractivity contribution is 0.0968. The molecule has 2 nitrogen and oxygen atoms in total. The summed E-state index contributed by atoms with van der Waals surface area (Å²) in [5.41, 5.74) is 6.55. The van der Waals surface area contributed by atoms with Crippen molar-refractivity contribution < 1.29 is 9.18 Å². The zero-order valence-electron chi connectivity index (χ0n) is 8.33. The zero-order chi connectivity index (χ0) is 10.7. The fourth-order valence-electron chi connectivity index (χ4n) is 1.18. The van der Waals surface area contributed by atoms with Gasteiger partial charge in [0.15, 0.2) is 5.78 Å². The van der Waals surface area contributed by atoms with Gasteiger partial charge < -0.3 is 5.73 Å². The summed E-state index contributed by atoms with van der Waals surface area (Å²) in [7, 11) is 0. The fraction of sp³-hybridized carbons (Fsp3) is 0.364. The van der Waals surface area contributed by atoms with E-state index in [4.69, 9.17) is 5.73 Å². The zero-order valence-corrected chi connectivity index (χ0v) is 8.33. The summed E-state index contributed by atoms with van der Waals surface area (Å²) in [4.78, 5) is 11.4. The first kappa shape index (κ1) is 10.9. The normalized spacial score (nSPS) is 14.9. The molecule has 0 radical (unpaired) electrons. The molecule has 1 aromatic rings. The highest BCUT2D eigenvalue weighted by Gasteiger charge is 2.11. The molecule has 0 saturated heterocycles. The van der Waals surface area contributed by atoms with Crippen molar-refractivity contribution >= 4 is 5.78 Å². The van der Waals surface area contributed by atoms with Gasteiger partial charge in [0.2, 0.25) is 0 Å². The third-order valence-electron chi connectivity index (χ3n) is 2.07. The van der Waals surface area contributed by atoms with E-state index in [1.54, 1.807) is 31.2 Å². The number of ketones is 1. The molecule has 0 bridgehead atoms. The Morgan fingerprint density at radius 2 is 1.79 bits per heavy atom. The molecule has 76 valence electrons. The van der Waals surface area contributed by atoms with E-state index in [-0.39, 0.29) is 5.78 Å². The van der Waals surface area contributed by atoms with Crippen LogP contribution in [0.5, 0.6) is 0 Å². The predicted octanol–water partition coefficient (Wildman–Crippen LogP) is 2.25. The van der Waals surface area contributed by atoms with Gasteiger partial charge in [0.1, 0.15) is 6.17 Å². The molecule has 0 amide bonds. The molecule has 0 spiro atoms. The number of halogens is 1. The van der Waals surface area contributed by atoms with Crippen molar-refractivity contribution in [2.75, 3.05) is 0 Å². The number of carbonyl (C=O) groups excluding carboxylic acids is 1. The van der Waals surface area contributed by atoms with E-state index in [0.29, 0.717) is 11.1 Å². The number of benzene rings is 1. The summed E-state index contributed by atoms with van der Waals surface area (Å²) in [6, 6.07) is 5.93. The monoisotopic (exact) mass is 195 g/mol. The minimum Gasteiger partial charge on any atom is -0.321 e. The molecular weight excluding hydrogens is 181 g/mol. The van der Waals surface area contributed by atoms with Gasteiger partial charge in [-0.3, -0.25) is 4.79 Å². The van der Waals surface area contributed by atoms with Crippen LogP contribution in [-0.2, 0) is 0 Å². The second-order valence-corrected chi connectivity index (χ2v) is 3.39. The molecule has 3 heteroatoms. The van der Waals surface area contributed by atoms with Gasteiger partial charge in [0.05, 0.1) is 6.04 Å². The van der Waals surface area contributed by atoms with Crippen LogP contribution in [0.2, 0.25) is 0 Å². The highest BCUT2D eigenvalue weighted by Crippen LogP contribution is 2.16. The first-order valence-electron chi connectivity index (χ1n) is 4.56. The summed E-state index contributed by atoms with van der Waals surface area (Å²) in [5.74, 6) is -0.122. The summed E-state index contributed by atoms with van der Waals surface area (Å²) in [5, 5.41) is 0. The smallest absolute Gasteiger partial charge is 0.179 e. The Hall–Kier alpha value is -1.22. The molecule has 0 aliphatic heterocycles. The number of hydrogen-bond donors (Lipinski definition) is 1. The van der Waals surface area contributed by atoms with E-state index in [9.17, 15) is 9.18 Å². The molecule has 0 aliphatic rings. The van der Waals surface area contributed by atoms with E-state index in [0.717, 1.165) is 0 Å². The van der Waals surface area contributed by atoms with Gasteiger partial charge in [-0.1, -0.05) is 24.3 Å². The molecule has 2 unspecified atom stereocenters. The van der Waals surface area contributed by atoms with Crippen LogP contribution >= 0.6 is 0 Å². The lowest BCUT2D eigenvalue weighted by Crippen LogP contribution is -2.26. The van der Waals surface area contributed by atoms with Gasteiger partial charge in [-0.25, -0.2) is 4.39 Å². The summed E-state index contributed by atoms with van der Waals surface area (Å²) in [6.07, 6.45) is -1.01. The van der Waals surface area contributed by atoms with E-state index in [1.165, 1.54) is 6.92 Å². The molecule has 0 aromatic heterocycles. The maximum atomic E-state index is 12.8. The van der Waals surface area contributed by atoms with Gasteiger partial charge >= 0.3 is 0 Å². The number of hydrogen-bond acceptors (Lipinski definition) is 2. The molecule has 0 heterocycles. The van der Waals surface area contributed by atoms with Crippen molar-refractivity contribution in [3.8, 4) is 0 Å². The molecule has 0 aliphatic carbocycles. The van der Waals surface area contributed by atoms with E-state index >= 15 is 0 Å². The Bertz CT molecular complexity index is 317. The van der Waals surface area contributed by atoms with Gasteiger partial charge in [-0.05, 0) is 19.4 Å². The minimum absolute atomic E-state index is 0.122. The Kier molecular flexibility index (Phi) is 3.36. The van der Waals surface area contributed by atoms with Crippen molar-refractivity contribution in [2.45, 2.75) is 26.1 Å². The number of nitrogens with two attached hydrogens (primary N) is 1. The van der Waals surface area contributed by atoms with Gasteiger partial charge in [-0.15, -0.1) is 0 Å². The number of alkyl halides is 1. The highest BCUT2D eigenvalue weighted by molar-refractivity contribution is 5.99. The molecule has 2 N–H and O–H groups in total. The van der Waals surface area contributed by atoms with E-state index < -0.39 is 12.2 Å². The van der Waals surface area contributed by atoms with Gasteiger partial charge in [0.25, 0.3) is 0 Å². The molecule has 0 saturated carbocycles. The molecule has 0 fully saturated rings. The maximum absolute atomic E-state index is 12.8. The third-order valence-corrected chi connectivity index (χ3v) is 2.07. The summed E-state index contributed by atoms with van der Waals surface area (Å²) >= 11 is 0. The van der Waals surface area contributed by atoms with Crippen LogP contribution < -0.4 is 5.73 Å². The quantitative estimate of drug-likeness (QED) is 0.752. The summed E-state index contributed by atoms with van der Waals surface area (Å²) < 4.78 is 12.8. The summed E-state index contributed by atoms with van der Waals surface area (Å²) in [6.45, 7) is 3.09. The van der Waals surface area contributed by atoms with Crippen LogP contribution in [-0.4, -0.2) is 11.8 Å². The molecule has 1 rings (SSSR count). The SMILES string of the molecule is CC(N)C(=O)c1ccc(C(C)F)cc1. The first-order chi connectivity index (χ1) is 6.52. The van der Waals surface area contributed by atoms with Crippen molar-refractivity contribution in [2.24, 2.45) is 5.73 Å². The Morgan fingerprint density at radius 1 is 1.29 bits per heavy atom. The Balaban J connectivity index is 2.89. The van der Waals surface area contributed by atoms with E-state index in [2.05, 4.69) is 0 Å². The number of rotatable bonds is 3. The van der Waals surface area contributed by atoms with Crippen molar-refractivity contribution in [3.63, 3.8) is 0 Å². The highest BCUT2D eigenvalue weighted by atomic mass is 19.1. The second kappa shape index (κ2) is 4.33. The minimum atomic E-state index is -1.01. The van der Waals surface area contributed by atoms with Crippen LogP contribution in [0, 0.1) is 0 Å². The molecule has 14 heavy (non-hydrogen) atoms. The standard InChI is InChI=1S/C11H14FNO/c1-7(12)9-3-5-10(6-4-9)11(14)8(2)13/h3-8H,13H2,1-2H3. The van der Waals surface area contributed by atoms with E-state index in [1.807, 2.05) is 0 Å². The van der Waals surface area contributed by atoms with Crippen LogP contribution in [0.3, 0.4) is 0 Å². The first-order valence-corrected chi connectivity index (χ1v) is 4.56. The molecule has 2 atom stereocenters. The van der Waals surface area contributed by atoms with Crippen LogP contribution in [0.1, 0.15) is 35.9 Å².